The topological polar surface area (TPSA) is 35.5 Å². The summed E-state index contributed by atoms with van der Waals surface area (Å²) in [5.41, 5.74) is 0.943. The number of rotatable bonds is 4. The lowest BCUT2D eigenvalue weighted by molar-refractivity contribution is -0.109. The van der Waals surface area contributed by atoms with E-state index in [0.717, 1.165) is 29.8 Å². The number of hydrogen-bond acceptors (Lipinski definition) is 3. The smallest absolute Gasteiger partial charge is 0.231 e. The lowest BCUT2D eigenvalue weighted by Gasteiger charge is -2.14. The molecular weight excluding hydrogens is 204 g/mol. The minimum Gasteiger partial charge on any atom is -0.454 e. The molecule has 3 heteroatoms. The first-order valence-electron chi connectivity index (χ1n) is 5.56. The fraction of sp³-hybridized carbons (Fsp3) is 0.462. The predicted molar refractivity (Wildman–Crippen MR) is 60.8 cm³/mol. The van der Waals surface area contributed by atoms with Crippen LogP contribution in [0.4, 0.5) is 0 Å². The van der Waals surface area contributed by atoms with Gasteiger partial charge in [-0.2, -0.15) is 0 Å². The van der Waals surface area contributed by atoms with Crippen LogP contribution in [0.5, 0.6) is 11.5 Å². The predicted octanol–water partition coefficient (Wildman–Crippen LogP) is 2.74. The van der Waals surface area contributed by atoms with Crippen molar-refractivity contribution >= 4 is 6.29 Å². The van der Waals surface area contributed by atoms with Crippen LogP contribution < -0.4 is 9.47 Å². The van der Waals surface area contributed by atoms with E-state index in [2.05, 4.69) is 13.8 Å². The zero-order valence-corrected chi connectivity index (χ0v) is 9.60. The second-order valence-corrected chi connectivity index (χ2v) is 4.45. The lowest BCUT2D eigenvalue weighted by atomic mass is 9.91. The minimum absolute atomic E-state index is 0.100. The molecular formula is C13H16O3. The second kappa shape index (κ2) is 4.56. The fourth-order valence-corrected chi connectivity index (χ4v) is 2.01. The third kappa shape index (κ3) is 2.03. The van der Waals surface area contributed by atoms with E-state index in [4.69, 9.17) is 9.47 Å². The molecule has 0 saturated heterocycles. The highest BCUT2D eigenvalue weighted by Crippen LogP contribution is 2.40. The van der Waals surface area contributed by atoms with E-state index in [-0.39, 0.29) is 12.7 Å². The lowest BCUT2D eigenvalue weighted by Crippen LogP contribution is -2.05. The van der Waals surface area contributed by atoms with Gasteiger partial charge < -0.3 is 14.3 Å². The monoisotopic (exact) mass is 220 g/mol. The molecule has 2 rings (SSSR count). The number of aldehydes is 1. The number of fused-ring (bicyclic) bond motifs is 1. The highest BCUT2D eigenvalue weighted by atomic mass is 16.7. The molecule has 1 heterocycles. The van der Waals surface area contributed by atoms with Crippen molar-refractivity contribution in [2.45, 2.75) is 26.2 Å². The molecule has 1 aliphatic heterocycles. The Morgan fingerprint density at radius 2 is 2.19 bits per heavy atom. The number of carbonyl (C=O) groups is 1. The number of hydrogen-bond donors (Lipinski definition) is 0. The summed E-state index contributed by atoms with van der Waals surface area (Å²) >= 11 is 0. The summed E-state index contributed by atoms with van der Waals surface area (Å²) in [6, 6.07) is 5.71. The normalized spacial score (nSPS) is 15.2. The summed E-state index contributed by atoms with van der Waals surface area (Å²) in [4.78, 5) is 11.1. The summed E-state index contributed by atoms with van der Waals surface area (Å²) in [7, 11) is 0. The van der Waals surface area contributed by atoms with E-state index in [0.29, 0.717) is 5.92 Å². The van der Waals surface area contributed by atoms with Gasteiger partial charge in [-0.25, -0.2) is 0 Å². The van der Waals surface area contributed by atoms with E-state index in [1.165, 1.54) is 0 Å². The molecule has 0 aromatic heterocycles. The Bertz CT molecular complexity index is 385. The van der Waals surface area contributed by atoms with Crippen LogP contribution in [0.1, 0.15) is 31.7 Å². The highest BCUT2D eigenvalue weighted by Gasteiger charge is 2.23. The molecule has 0 fully saturated rings. The Hall–Kier alpha value is -1.51. The van der Waals surface area contributed by atoms with E-state index in [9.17, 15) is 4.79 Å². The van der Waals surface area contributed by atoms with Crippen molar-refractivity contribution in [1.82, 2.24) is 0 Å². The highest BCUT2D eigenvalue weighted by molar-refractivity contribution is 5.66. The van der Waals surface area contributed by atoms with E-state index >= 15 is 0 Å². The number of para-hydroxylation sites is 1. The van der Waals surface area contributed by atoms with Crippen LogP contribution in [0.3, 0.4) is 0 Å². The quantitative estimate of drug-likeness (QED) is 0.732. The van der Waals surface area contributed by atoms with Crippen molar-refractivity contribution in [1.29, 1.82) is 0 Å². The molecule has 1 aliphatic rings. The molecule has 0 amide bonds. The first kappa shape index (κ1) is 11.0. The van der Waals surface area contributed by atoms with Crippen LogP contribution in [0, 0.1) is 5.92 Å². The van der Waals surface area contributed by atoms with Gasteiger partial charge >= 0.3 is 0 Å². The maximum atomic E-state index is 11.1. The molecule has 0 N–H and O–H groups in total. The SMILES string of the molecule is CC(C)CC(C=O)c1cccc2c1OCO2. The molecule has 1 atom stereocenters. The van der Waals surface area contributed by atoms with Gasteiger partial charge in [-0.3, -0.25) is 0 Å². The summed E-state index contributed by atoms with van der Waals surface area (Å²) in [6.45, 7) is 4.47. The zero-order valence-electron chi connectivity index (χ0n) is 9.60. The van der Waals surface area contributed by atoms with Crippen molar-refractivity contribution in [2.24, 2.45) is 5.92 Å². The third-order valence-electron chi connectivity index (χ3n) is 2.72. The van der Waals surface area contributed by atoms with Crippen LogP contribution in [0.2, 0.25) is 0 Å². The maximum absolute atomic E-state index is 11.1. The summed E-state index contributed by atoms with van der Waals surface area (Å²) < 4.78 is 10.7. The standard InChI is InChI=1S/C13H16O3/c1-9(2)6-10(7-14)11-4-3-5-12-13(11)16-8-15-12/h3-5,7,9-10H,6,8H2,1-2H3. The average Bonchev–Trinajstić information content (AvgIpc) is 2.73. The van der Waals surface area contributed by atoms with Gasteiger partial charge in [-0.1, -0.05) is 26.0 Å². The van der Waals surface area contributed by atoms with Gasteiger partial charge in [0.1, 0.15) is 6.29 Å². The molecule has 0 aliphatic carbocycles. The van der Waals surface area contributed by atoms with Crippen LogP contribution in [0.15, 0.2) is 18.2 Å². The zero-order chi connectivity index (χ0) is 11.5. The van der Waals surface area contributed by atoms with Gasteiger partial charge in [0.05, 0.1) is 0 Å². The van der Waals surface area contributed by atoms with Crippen molar-refractivity contribution in [3.05, 3.63) is 23.8 Å². The summed E-state index contributed by atoms with van der Waals surface area (Å²) in [5, 5.41) is 0. The van der Waals surface area contributed by atoms with Crippen LogP contribution in [-0.4, -0.2) is 13.1 Å². The number of benzene rings is 1. The Morgan fingerprint density at radius 3 is 2.88 bits per heavy atom. The molecule has 1 aromatic carbocycles. The van der Waals surface area contributed by atoms with Crippen LogP contribution >= 0.6 is 0 Å². The Morgan fingerprint density at radius 1 is 1.38 bits per heavy atom. The summed E-state index contributed by atoms with van der Waals surface area (Å²) in [6.07, 6.45) is 1.83. The summed E-state index contributed by atoms with van der Waals surface area (Å²) in [5.74, 6) is 1.86. The third-order valence-corrected chi connectivity index (χ3v) is 2.72. The van der Waals surface area contributed by atoms with Crippen molar-refractivity contribution in [3.8, 4) is 11.5 Å². The van der Waals surface area contributed by atoms with Gasteiger partial charge in [0.15, 0.2) is 11.5 Å². The molecule has 86 valence electrons. The molecule has 0 bridgehead atoms. The molecule has 0 spiro atoms. The van der Waals surface area contributed by atoms with E-state index in [1.54, 1.807) is 0 Å². The van der Waals surface area contributed by atoms with Crippen molar-refractivity contribution in [2.75, 3.05) is 6.79 Å². The molecule has 0 saturated carbocycles. The fourth-order valence-electron chi connectivity index (χ4n) is 2.01. The molecule has 1 unspecified atom stereocenters. The van der Waals surface area contributed by atoms with Gasteiger partial charge in [0.2, 0.25) is 6.79 Å². The Labute approximate surface area is 95.4 Å². The van der Waals surface area contributed by atoms with Gasteiger partial charge in [-0.05, 0) is 18.4 Å². The van der Waals surface area contributed by atoms with Crippen molar-refractivity contribution < 1.29 is 14.3 Å². The second-order valence-electron chi connectivity index (χ2n) is 4.45. The Balaban J connectivity index is 2.31. The Kier molecular flexibility index (Phi) is 3.13. The van der Waals surface area contributed by atoms with E-state index in [1.807, 2.05) is 18.2 Å². The molecule has 3 nitrogen and oxygen atoms in total. The first-order valence-corrected chi connectivity index (χ1v) is 5.56. The first-order chi connectivity index (χ1) is 7.72. The van der Waals surface area contributed by atoms with E-state index < -0.39 is 0 Å². The van der Waals surface area contributed by atoms with Gasteiger partial charge in [0, 0.05) is 11.5 Å². The molecule has 16 heavy (non-hydrogen) atoms. The van der Waals surface area contributed by atoms with Gasteiger partial charge in [0.25, 0.3) is 0 Å². The number of ether oxygens (including phenoxy) is 2. The number of carbonyl (C=O) groups excluding carboxylic acids is 1. The maximum Gasteiger partial charge on any atom is 0.231 e. The molecule has 0 radical (unpaired) electrons. The van der Waals surface area contributed by atoms with Crippen molar-refractivity contribution in [3.63, 3.8) is 0 Å². The van der Waals surface area contributed by atoms with Crippen LogP contribution in [-0.2, 0) is 4.79 Å². The largest absolute Gasteiger partial charge is 0.454 e. The van der Waals surface area contributed by atoms with Gasteiger partial charge in [-0.15, -0.1) is 0 Å². The average molecular weight is 220 g/mol. The van der Waals surface area contributed by atoms with Crippen LogP contribution in [0.25, 0.3) is 0 Å². The minimum atomic E-state index is -0.100. The molecule has 1 aromatic rings.